The van der Waals surface area contributed by atoms with E-state index >= 15 is 0 Å². The number of amides is 1. The van der Waals surface area contributed by atoms with Gasteiger partial charge in [0.25, 0.3) is 0 Å². The van der Waals surface area contributed by atoms with Crippen molar-refractivity contribution in [3.63, 3.8) is 0 Å². The smallest absolute Gasteiger partial charge is 0.246 e. The maximum absolute atomic E-state index is 11.9. The van der Waals surface area contributed by atoms with Crippen molar-refractivity contribution in [2.75, 3.05) is 6.54 Å². The molecule has 0 aliphatic heterocycles. The van der Waals surface area contributed by atoms with Crippen LogP contribution in [0.3, 0.4) is 0 Å². The first-order chi connectivity index (χ1) is 14.0. The second-order valence-electron chi connectivity index (χ2n) is 9.83. The number of carbonyl (C=O) groups excluding carboxylic acids is 1. The number of hydrogen-bond acceptors (Lipinski definition) is 2. The van der Waals surface area contributed by atoms with Gasteiger partial charge in [0.2, 0.25) is 5.91 Å². The molecule has 2 aromatic rings. The van der Waals surface area contributed by atoms with Gasteiger partial charge in [-0.3, -0.25) is 4.79 Å². The third-order valence-electron chi connectivity index (χ3n) is 6.52. The van der Waals surface area contributed by atoms with Crippen LogP contribution >= 0.6 is 0 Å². The summed E-state index contributed by atoms with van der Waals surface area (Å²) in [7, 11) is 0. The summed E-state index contributed by atoms with van der Waals surface area (Å²) in [5.41, 5.74) is 6.45. The molecule has 1 unspecified atom stereocenters. The molecule has 0 radical (unpaired) electrons. The van der Waals surface area contributed by atoms with Crippen molar-refractivity contribution < 1.29 is 9.90 Å². The van der Waals surface area contributed by atoms with Crippen LogP contribution in [0.5, 0.6) is 0 Å². The molecule has 1 aliphatic carbocycles. The Hall–Kier alpha value is -2.39. The molecule has 1 amide bonds. The van der Waals surface area contributed by atoms with Gasteiger partial charge in [-0.15, -0.1) is 0 Å². The van der Waals surface area contributed by atoms with Crippen LogP contribution < -0.4 is 5.32 Å². The number of benzene rings is 2. The number of fused-ring (bicyclic) bond motifs is 1. The number of nitrogens with one attached hydrogen (secondary N) is 1. The molecule has 0 aromatic heterocycles. The summed E-state index contributed by atoms with van der Waals surface area (Å²) in [6.07, 6.45) is 3.53. The third kappa shape index (κ3) is 4.52. The molecule has 3 heteroatoms. The lowest BCUT2D eigenvalue weighted by Gasteiger charge is -2.42. The summed E-state index contributed by atoms with van der Waals surface area (Å²) >= 11 is 0. The minimum Gasteiger partial charge on any atom is -0.384 e. The van der Waals surface area contributed by atoms with E-state index in [1.54, 1.807) is 0 Å². The van der Waals surface area contributed by atoms with Crippen molar-refractivity contribution in [3.8, 4) is 0 Å². The second-order valence-corrected chi connectivity index (χ2v) is 9.83. The van der Waals surface area contributed by atoms with Gasteiger partial charge in [0, 0.05) is 12.1 Å². The molecule has 3 rings (SSSR count). The lowest BCUT2D eigenvalue weighted by Crippen LogP contribution is -2.34. The van der Waals surface area contributed by atoms with Gasteiger partial charge in [0.05, 0.1) is 0 Å². The average molecular weight is 406 g/mol. The molecule has 2 aromatic carbocycles. The van der Waals surface area contributed by atoms with Crippen LogP contribution in [0.25, 0.3) is 6.08 Å². The fraction of sp³-hybridized carbons (Fsp3) is 0.444. The minimum absolute atomic E-state index is 0.0544. The van der Waals surface area contributed by atoms with Crippen LogP contribution in [-0.2, 0) is 15.6 Å². The first-order valence-electron chi connectivity index (χ1n) is 10.9. The van der Waals surface area contributed by atoms with Crippen LogP contribution in [-0.4, -0.2) is 17.6 Å². The Morgan fingerprint density at radius 3 is 2.17 bits per heavy atom. The van der Waals surface area contributed by atoms with Crippen molar-refractivity contribution in [2.45, 2.75) is 71.3 Å². The molecule has 0 saturated heterocycles. The fourth-order valence-corrected chi connectivity index (χ4v) is 4.36. The number of rotatable bonds is 5. The van der Waals surface area contributed by atoms with Crippen molar-refractivity contribution in [1.29, 1.82) is 0 Å². The molecule has 0 bridgehead atoms. The summed E-state index contributed by atoms with van der Waals surface area (Å²) in [5, 5.41) is 13.9. The van der Waals surface area contributed by atoms with E-state index in [-0.39, 0.29) is 16.7 Å². The quantitative estimate of drug-likeness (QED) is 0.631. The zero-order chi connectivity index (χ0) is 22.1. The maximum atomic E-state index is 11.9. The molecule has 160 valence electrons. The monoisotopic (exact) mass is 405 g/mol. The highest BCUT2D eigenvalue weighted by atomic mass is 16.3. The Morgan fingerprint density at radius 1 is 1.00 bits per heavy atom. The second kappa shape index (κ2) is 8.39. The summed E-state index contributed by atoms with van der Waals surface area (Å²) in [5.74, 6) is -0.0544. The van der Waals surface area contributed by atoms with Gasteiger partial charge in [0.15, 0.2) is 0 Å². The van der Waals surface area contributed by atoms with Crippen LogP contribution in [0.2, 0.25) is 0 Å². The maximum Gasteiger partial charge on any atom is 0.246 e. The van der Waals surface area contributed by atoms with Gasteiger partial charge >= 0.3 is 0 Å². The average Bonchev–Trinajstić information content (AvgIpc) is 2.71. The molecule has 0 saturated carbocycles. The predicted octanol–water partition coefficient (Wildman–Crippen LogP) is 5.66. The van der Waals surface area contributed by atoms with E-state index in [9.17, 15) is 9.90 Å². The number of aliphatic hydroxyl groups excluding tert-OH is 1. The largest absolute Gasteiger partial charge is 0.384 e. The first-order valence-corrected chi connectivity index (χ1v) is 10.9. The van der Waals surface area contributed by atoms with Crippen molar-refractivity contribution in [1.82, 2.24) is 5.32 Å². The molecule has 1 atom stereocenters. The van der Waals surface area contributed by atoms with E-state index in [1.807, 2.05) is 44.2 Å². The summed E-state index contributed by atoms with van der Waals surface area (Å²) in [6, 6.07) is 14.3. The lowest BCUT2D eigenvalue weighted by molar-refractivity contribution is -0.117. The van der Waals surface area contributed by atoms with E-state index in [1.165, 1.54) is 17.5 Å². The molecule has 1 aliphatic rings. The van der Waals surface area contributed by atoms with Crippen molar-refractivity contribution >= 4 is 12.0 Å². The van der Waals surface area contributed by atoms with Gasteiger partial charge in [-0.2, -0.15) is 0 Å². The minimum atomic E-state index is -0.668. The summed E-state index contributed by atoms with van der Waals surface area (Å²) in [4.78, 5) is 11.9. The number of likely N-dealkylation sites (N-methyl/N-ethyl adjacent to an activating group) is 1. The van der Waals surface area contributed by atoms with Crippen LogP contribution in [0.4, 0.5) is 0 Å². The van der Waals surface area contributed by atoms with E-state index in [0.29, 0.717) is 12.1 Å². The normalized spacial score (nSPS) is 18.4. The number of carbonyl (C=O) groups is 1. The van der Waals surface area contributed by atoms with Gasteiger partial charge in [-0.25, -0.2) is 0 Å². The van der Waals surface area contributed by atoms with Gasteiger partial charge in [-0.05, 0) is 71.4 Å². The van der Waals surface area contributed by atoms with E-state index < -0.39 is 6.10 Å². The Morgan fingerprint density at radius 2 is 1.57 bits per heavy atom. The zero-order valence-electron chi connectivity index (χ0n) is 19.2. The van der Waals surface area contributed by atoms with E-state index in [4.69, 9.17) is 0 Å². The molecular formula is C27H35NO2. The Labute approximate surface area is 181 Å². The molecule has 0 fully saturated rings. The highest BCUT2D eigenvalue weighted by molar-refractivity contribution is 5.97. The molecule has 3 nitrogen and oxygen atoms in total. The highest BCUT2D eigenvalue weighted by Gasteiger charge is 2.37. The third-order valence-corrected chi connectivity index (χ3v) is 6.52. The zero-order valence-corrected chi connectivity index (χ0v) is 19.2. The molecule has 0 spiro atoms. The van der Waals surface area contributed by atoms with Crippen LogP contribution in [0.15, 0.2) is 48.0 Å². The van der Waals surface area contributed by atoms with Gasteiger partial charge < -0.3 is 10.4 Å². The first kappa shape index (κ1) is 22.3. The van der Waals surface area contributed by atoms with Gasteiger partial charge in [0.1, 0.15) is 6.10 Å². The Balaban J connectivity index is 1.86. The van der Waals surface area contributed by atoms with E-state index in [2.05, 4.69) is 51.2 Å². The lowest BCUT2D eigenvalue weighted by atomic mass is 9.63. The van der Waals surface area contributed by atoms with Gasteiger partial charge in [-0.1, -0.05) is 70.2 Å². The van der Waals surface area contributed by atoms with Crippen LogP contribution in [0.1, 0.15) is 88.3 Å². The predicted molar refractivity (Wildman–Crippen MR) is 125 cm³/mol. The molecular weight excluding hydrogens is 370 g/mol. The van der Waals surface area contributed by atoms with Crippen molar-refractivity contribution in [2.24, 2.45) is 0 Å². The molecule has 30 heavy (non-hydrogen) atoms. The molecule has 2 N–H and O–H groups in total. The topological polar surface area (TPSA) is 49.3 Å². The molecule has 0 heterocycles. The highest BCUT2D eigenvalue weighted by Crippen LogP contribution is 2.46. The SMILES string of the molecule is CCNC(=O)/C(C)=C/c1ccc(C(O)c2ccc3c(c2)C(C)(C)CCC3(C)C)cc1. The number of hydrogen-bond donors (Lipinski definition) is 2. The Kier molecular flexibility index (Phi) is 6.24. The van der Waals surface area contributed by atoms with E-state index in [0.717, 1.165) is 23.1 Å². The summed E-state index contributed by atoms with van der Waals surface area (Å²) < 4.78 is 0. The summed E-state index contributed by atoms with van der Waals surface area (Å²) in [6.45, 7) is 13.6. The standard InChI is InChI=1S/C27H35NO2/c1-7-28-25(30)18(2)16-19-8-10-20(11-9-19)24(29)21-12-13-22-23(17-21)27(5,6)15-14-26(22,3)4/h8-13,16-17,24,29H,7,14-15H2,1-6H3,(H,28,30)/b18-16+. The number of aliphatic hydroxyl groups is 1. The van der Waals surface area contributed by atoms with Crippen molar-refractivity contribution in [3.05, 3.63) is 75.9 Å². The fourth-order valence-electron chi connectivity index (χ4n) is 4.36. The Bertz CT molecular complexity index is 951. The van der Waals surface area contributed by atoms with Crippen LogP contribution in [0, 0.1) is 0 Å².